The second-order valence-corrected chi connectivity index (χ2v) is 2.50. The minimum Gasteiger partial charge on any atom is -1.00 e. The third kappa shape index (κ3) is 1.48. The standard InChI is InChI=1S/C10H8O.Li.H/c11-10-7-3-5-8-4-1-2-6-9(8)10;;/h1-7,11H;;/q;+1;-1. The molecule has 0 saturated carbocycles. The third-order valence-electron chi connectivity index (χ3n) is 1.77. The molecule has 2 rings (SSSR count). The predicted octanol–water partition coefficient (Wildman–Crippen LogP) is -0.338. The zero-order chi connectivity index (χ0) is 7.68. The average Bonchev–Trinajstić information content (AvgIpc) is 2.06. The van der Waals surface area contributed by atoms with Crippen molar-refractivity contribution in [3.8, 4) is 5.75 Å². The van der Waals surface area contributed by atoms with Gasteiger partial charge in [-0.2, -0.15) is 0 Å². The number of phenolic OH excluding ortho intramolecular Hbond substituents is 1. The maximum Gasteiger partial charge on any atom is 1.00 e. The molecule has 0 aliphatic carbocycles. The molecule has 2 heteroatoms. The normalized spacial score (nSPS) is 9.33. The Kier molecular flexibility index (Phi) is 2.81. The Morgan fingerprint density at radius 3 is 2.33 bits per heavy atom. The van der Waals surface area contributed by atoms with Crippen molar-refractivity contribution in [1.82, 2.24) is 0 Å². The summed E-state index contributed by atoms with van der Waals surface area (Å²) in [6.07, 6.45) is 0. The van der Waals surface area contributed by atoms with Crippen LogP contribution in [0.2, 0.25) is 0 Å². The van der Waals surface area contributed by atoms with E-state index in [-0.39, 0.29) is 20.3 Å². The Bertz CT molecular complexity index is 384. The first-order valence-electron chi connectivity index (χ1n) is 3.54. The SMILES string of the molecule is Oc1cccc2ccccc12.[H-].[Li+]. The summed E-state index contributed by atoms with van der Waals surface area (Å²) in [6, 6.07) is 13.3. The molecule has 0 atom stereocenters. The fraction of sp³-hybridized carbons (Fsp3) is 0. The molecule has 0 fully saturated rings. The van der Waals surface area contributed by atoms with Gasteiger partial charge in [0.1, 0.15) is 5.75 Å². The van der Waals surface area contributed by atoms with Gasteiger partial charge in [-0.05, 0) is 11.5 Å². The van der Waals surface area contributed by atoms with E-state index >= 15 is 0 Å². The Balaban J connectivity index is 0.000000720. The van der Waals surface area contributed by atoms with Gasteiger partial charge in [-0.3, -0.25) is 0 Å². The molecular weight excluding hydrogens is 143 g/mol. The number of aromatic hydroxyl groups is 1. The summed E-state index contributed by atoms with van der Waals surface area (Å²) in [7, 11) is 0. The number of phenols is 1. The molecule has 0 unspecified atom stereocenters. The molecule has 0 saturated heterocycles. The summed E-state index contributed by atoms with van der Waals surface area (Å²) in [4.78, 5) is 0. The summed E-state index contributed by atoms with van der Waals surface area (Å²) in [5, 5.41) is 11.4. The number of benzene rings is 2. The summed E-state index contributed by atoms with van der Waals surface area (Å²) in [5.41, 5.74) is 0. The largest absolute Gasteiger partial charge is 1.00 e. The van der Waals surface area contributed by atoms with Crippen LogP contribution in [0.3, 0.4) is 0 Å². The van der Waals surface area contributed by atoms with Crippen LogP contribution in [0.15, 0.2) is 42.5 Å². The maximum absolute atomic E-state index is 9.37. The smallest absolute Gasteiger partial charge is 1.00 e. The van der Waals surface area contributed by atoms with Gasteiger partial charge in [-0.15, -0.1) is 0 Å². The van der Waals surface area contributed by atoms with Crippen LogP contribution < -0.4 is 18.9 Å². The molecule has 56 valence electrons. The van der Waals surface area contributed by atoms with Crippen molar-refractivity contribution in [2.45, 2.75) is 0 Å². The second kappa shape index (κ2) is 3.67. The Labute approximate surface area is 84.7 Å². The van der Waals surface area contributed by atoms with Crippen LogP contribution in [0, 0.1) is 0 Å². The van der Waals surface area contributed by atoms with Crippen LogP contribution in [-0.4, -0.2) is 5.11 Å². The fourth-order valence-corrected chi connectivity index (χ4v) is 1.21. The van der Waals surface area contributed by atoms with E-state index in [4.69, 9.17) is 0 Å². The number of hydrogen-bond donors (Lipinski definition) is 1. The number of hydrogen-bond acceptors (Lipinski definition) is 1. The minimum absolute atomic E-state index is 0. The van der Waals surface area contributed by atoms with E-state index in [2.05, 4.69) is 0 Å². The van der Waals surface area contributed by atoms with E-state index in [0.717, 1.165) is 10.8 Å². The van der Waals surface area contributed by atoms with Gasteiger partial charge in [0.2, 0.25) is 0 Å². The number of rotatable bonds is 0. The molecule has 2 aromatic carbocycles. The van der Waals surface area contributed by atoms with E-state index in [1.807, 2.05) is 36.4 Å². The zero-order valence-electron chi connectivity index (χ0n) is 7.99. The molecule has 0 aliphatic rings. The first-order valence-corrected chi connectivity index (χ1v) is 3.54. The van der Waals surface area contributed by atoms with Crippen molar-refractivity contribution in [2.75, 3.05) is 0 Å². The predicted molar refractivity (Wildman–Crippen MR) is 46.7 cm³/mol. The molecule has 0 radical (unpaired) electrons. The van der Waals surface area contributed by atoms with Gasteiger partial charge in [0.25, 0.3) is 0 Å². The van der Waals surface area contributed by atoms with Crippen LogP contribution in [0.25, 0.3) is 10.8 Å². The first-order chi connectivity index (χ1) is 5.38. The summed E-state index contributed by atoms with van der Waals surface area (Å²) < 4.78 is 0. The van der Waals surface area contributed by atoms with Crippen molar-refractivity contribution in [3.63, 3.8) is 0 Å². The van der Waals surface area contributed by atoms with Crippen molar-refractivity contribution in [1.29, 1.82) is 0 Å². The first kappa shape index (κ1) is 9.19. The van der Waals surface area contributed by atoms with Crippen LogP contribution in [0.5, 0.6) is 5.75 Å². The van der Waals surface area contributed by atoms with Gasteiger partial charge in [0, 0.05) is 5.39 Å². The molecule has 2 aromatic rings. The van der Waals surface area contributed by atoms with Gasteiger partial charge in [-0.25, -0.2) is 0 Å². The quantitative estimate of drug-likeness (QED) is 0.512. The fourth-order valence-electron chi connectivity index (χ4n) is 1.21. The Hall–Kier alpha value is -0.903. The second-order valence-electron chi connectivity index (χ2n) is 2.50. The number of fused-ring (bicyclic) bond motifs is 1. The zero-order valence-corrected chi connectivity index (χ0v) is 6.99. The van der Waals surface area contributed by atoms with Gasteiger partial charge in [-0.1, -0.05) is 36.4 Å². The third-order valence-corrected chi connectivity index (χ3v) is 1.77. The average molecular weight is 152 g/mol. The molecule has 0 aromatic heterocycles. The van der Waals surface area contributed by atoms with E-state index in [1.54, 1.807) is 6.07 Å². The van der Waals surface area contributed by atoms with Crippen molar-refractivity contribution < 1.29 is 25.4 Å². The monoisotopic (exact) mass is 152 g/mol. The van der Waals surface area contributed by atoms with Gasteiger partial charge in [0.05, 0.1) is 0 Å². The molecule has 0 spiro atoms. The van der Waals surface area contributed by atoms with Gasteiger partial charge in [0.15, 0.2) is 0 Å². The molecule has 12 heavy (non-hydrogen) atoms. The summed E-state index contributed by atoms with van der Waals surface area (Å²) in [5.74, 6) is 0.350. The molecule has 0 amide bonds. The molecule has 1 N–H and O–H groups in total. The van der Waals surface area contributed by atoms with Crippen LogP contribution in [-0.2, 0) is 0 Å². The summed E-state index contributed by atoms with van der Waals surface area (Å²) in [6.45, 7) is 0. The minimum atomic E-state index is 0. The molecule has 0 heterocycles. The molecule has 0 aliphatic heterocycles. The van der Waals surface area contributed by atoms with Crippen LogP contribution >= 0.6 is 0 Å². The topological polar surface area (TPSA) is 20.2 Å². The van der Waals surface area contributed by atoms with Crippen molar-refractivity contribution >= 4 is 10.8 Å². The van der Waals surface area contributed by atoms with E-state index in [1.165, 1.54) is 0 Å². The Morgan fingerprint density at radius 1 is 0.917 bits per heavy atom. The molecular formula is C10H9LiO. The van der Waals surface area contributed by atoms with E-state index in [9.17, 15) is 5.11 Å². The molecule has 1 nitrogen and oxygen atoms in total. The molecule has 0 bridgehead atoms. The Morgan fingerprint density at radius 2 is 1.58 bits per heavy atom. The van der Waals surface area contributed by atoms with Crippen molar-refractivity contribution in [2.24, 2.45) is 0 Å². The summed E-state index contributed by atoms with van der Waals surface area (Å²) >= 11 is 0. The maximum atomic E-state index is 9.37. The van der Waals surface area contributed by atoms with Crippen LogP contribution in [0.1, 0.15) is 1.43 Å². The van der Waals surface area contributed by atoms with E-state index < -0.39 is 0 Å². The van der Waals surface area contributed by atoms with E-state index in [0.29, 0.717) is 5.75 Å². The van der Waals surface area contributed by atoms with Crippen molar-refractivity contribution in [3.05, 3.63) is 42.5 Å². The van der Waals surface area contributed by atoms with Gasteiger partial charge < -0.3 is 6.53 Å². The van der Waals surface area contributed by atoms with Gasteiger partial charge >= 0.3 is 18.9 Å². The van der Waals surface area contributed by atoms with Crippen LogP contribution in [0.4, 0.5) is 0 Å².